The highest BCUT2D eigenvalue weighted by Gasteiger charge is 2.35. The maximum Gasteiger partial charge on any atom is 0.264 e. The molecule has 0 spiro atoms. The molecule has 0 radical (unpaired) electrons. The molecule has 1 N–H and O–H groups in total. The number of anilines is 1. The third-order valence-corrected chi connectivity index (χ3v) is 9.98. The third kappa shape index (κ3) is 8.53. The number of rotatable bonds is 13. The first-order valence-electron chi connectivity index (χ1n) is 15.0. The number of nitrogens with zero attached hydrogens (tertiary/aromatic N) is 2. The Bertz CT molecular complexity index is 1720. The van der Waals surface area contributed by atoms with E-state index in [2.05, 4.69) is 5.32 Å². The average molecular weight is 646 g/mol. The van der Waals surface area contributed by atoms with Crippen LogP contribution in [0.5, 0.6) is 0 Å². The van der Waals surface area contributed by atoms with E-state index in [-0.39, 0.29) is 29.8 Å². The van der Waals surface area contributed by atoms with Crippen molar-refractivity contribution < 1.29 is 18.0 Å². The lowest BCUT2D eigenvalue weighted by Crippen LogP contribution is -2.54. The first-order valence-corrected chi connectivity index (χ1v) is 16.8. The first kappa shape index (κ1) is 33.7. The molecule has 0 aliphatic carbocycles. The summed E-state index contributed by atoms with van der Waals surface area (Å²) in [6, 6.07) is 29.0. The highest BCUT2D eigenvalue weighted by Crippen LogP contribution is 2.29. The minimum Gasteiger partial charge on any atom is -0.352 e. The topological polar surface area (TPSA) is 86.8 Å². The molecule has 4 aromatic rings. The van der Waals surface area contributed by atoms with E-state index in [9.17, 15) is 18.0 Å². The number of sulfonamides is 1. The van der Waals surface area contributed by atoms with Gasteiger partial charge in [0.15, 0.2) is 0 Å². The molecular weight excluding hydrogens is 606 g/mol. The van der Waals surface area contributed by atoms with Crippen LogP contribution in [0.2, 0.25) is 5.02 Å². The predicted molar refractivity (Wildman–Crippen MR) is 181 cm³/mol. The Morgan fingerprint density at radius 1 is 0.844 bits per heavy atom. The Labute approximate surface area is 271 Å². The number of carbonyl (C=O) groups excluding carboxylic acids is 2. The maximum atomic E-state index is 14.6. The van der Waals surface area contributed by atoms with Crippen LogP contribution >= 0.6 is 11.6 Å². The van der Waals surface area contributed by atoms with Gasteiger partial charge in [-0.1, -0.05) is 91.3 Å². The summed E-state index contributed by atoms with van der Waals surface area (Å²) in [4.78, 5) is 30.1. The Morgan fingerprint density at radius 3 is 2.11 bits per heavy atom. The van der Waals surface area contributed by atoms with E-state index < -0.39 is 28.5 Å². The first-order chi connectivity index (χ1) is 21.5. The van der Waals surface area contributed by atoms with Gasteiger partial charge in [-0.15, -0.1) is 0 Å². The number of amides is 2. The van der Waals surface area contributed by atoms with Gasteiger partial charge in [-0.25, -0.2) is 8.42 Å². The number of aryl methyl sites for hydroxylation is 1. The quantitative estimate of drug-likeness (QED) is 0.175. The van der Waals surface area contributed by atoms with E-state index in [1.165, 1.54) is 17.0 Å². The molecule has 0 aliphatic heterocycles. The zero-order chi connectivity index (χ0) is 32.6. The highest BCUT2D eigenvalue weighted by molar-refractivity contribution is 7.92. The summed E-state index contributed by atoms with van der Waals surface area (Å²) in [6.45, 7) is 7.16. The second kappa shape index (κ2) is 15.2. The molecule has 9 heteroatoms. The van der Waals surface area contributed by atoms with Gasteiger partial charge < -0.3 is 10.2 Å². The van der Waals surface area contributed by atoms with E-state index in [1.807, 2.05) is 70.2 Å². The molecule has 7 nitrogen and oxygen atoms in total. The normalized spacial score (nSPS) is 12.6. The van der Waals surface area contributed by atoms with Crippen LogP contribution in [0.25, 0.3) is 0 Å². The summed E-state index contributed by atoms with van der Waals surface area (Å²) in [7, 11) is -4.17. The number of benzene rings is 4. The molecule has 4 aromatic carbocycles. The smallest absolute Gasteiger partial charge is 0.264 e. The number of hydrogen-bond donors (Lipinski definition) is 1. The minimum atomic E-state index is -4.17. The molecule has 0 bridgehead atoms. The van der Waals surface area contributed by atoms with Crippen molar-refractivity contribution in [3.8, 4) is 0 Å². The zero-order valence-corrected chi connectivity index (χ0v) is 27.7. The lowest BCUT2D eigenvalue weighted by molar-refractivity contribution is -0.140. The van der Waals surface area contributed by atoms with Crippen molar-refractivity contribution in [2.45, 2.75) is 64.1 Å². The summed E-state index contributed by atoms with van der Waals surface area (Å²) in [5, 5.41) is 3.54. The van der Waals surface area contributed by atoms with Gasteiger partial charge in [-0.05, 0) is 79.8 Å². The van der Waals surface area contributed by atoms with Crippen molar-refractivity contribution in [2.24, 2.45) is 0 Å². The van der Waals surface area contributed by atoms with E-state index in [4.69, 9.17) is 11.6 Å². The Kier molecular flexibility index (Phi) is 11.4. The Hall–Kier alpha value is -4.14. The minimum absolute atomic E-state index is 0.0524. The van der Waals surface area contributed by atoms with Crippen LogP contribution in [0.1, 0.15) is 42.5 Å². The van der Waals surface area contributed by atoms with E-state index in [1.54, 1.807) is 48.5 Å². The van der Waals surface area contributed by atoms with Gasteiger partial charge in [0.25, 0.3) is 10.0 Å². The average Bonchev–Trinajstić information content (AvgIpc) is 3.03. The van der Waals surface area contributed by atoms with Crippen molar-refractivity contribution in [2.75, 3.05) is 10.8 Å². The fraction of sp³-hybridized carbons (Fsp3) is 0.278. The summed E-state index contributed by atoms with van der Waals surface area (Å²) in [5.74, 6) is -0.830. The van der Waals surface area contributed by atoms with Gasteiger partial charge in [-0.3, -0.25) is 13.9 Å². The van der Waals surface area contributed by atoms with Crippen LogP contribution in [-0.4, -0.2) is 43.8 Å². The standard InChI is InChI=1S/C36H40ClN3O4S/c1-5-27(3)38-36(42)34(23-29-15-8-6-9-16-29)39(24-30-17-13-18-31(37)22-30)35(41)25-40(33-21-12-14-26(2)28(33)4)45(43,44)32-19-10-7-11-20-32/h6-22,27,34H,5,23-25H2,1-4H3,(H,38,42). The van der Waals surface area contributed by atoms with Gasteiger partial charge in [0, 0.05) is 24.0 Å². The van der Waals surface area contributed by atoms with E-state index in [0.29, 0.717) is 17.1 Å². The number of nitrogens with one attached hydrogen (secondary N) is 1. The molecule has 0 heterocycles. The fourth-order valence-electron chi connectivity index (χ4n) is 5.07. The van der Waals surface area contributed by atoms with Crippen molar-refractivity contribution in [1.29, 1.82) is 0 Å². The van der Waals surface area contributed by atoms with Gasteiger partial charge in [0.2, 0.25) is 11.8 Å². The van der Waals surface area contributed by atoms with Crippen LogP contribution in [-0.2, 0) is 32.6 Å². The lowest BCUT2D eigenvalue weighted by Gasteiger charge is -2.34. The molecule has 0 aliphatic rings. The molecule has 0 saturated heterocycles. The Morgan fingerprint density at radius 2 is 1.47 bits per heavy atom. The van der Waals surface area contributed by atoms with Crippen molar-refractivity contribution >= 4 is 39.1 Å². The summed E-state index contributed by atoms with van der Waals surface area (Å²) in [6.07, 6.45) is 0.950. The summed E-state index contributed by atoms with van der Waals surface area (Å²) >= 11 is 6.32. The highest BCUT2D eigenvalue weighted by atomic mass is 35.5. The second-order valence-corrected chi connectivity index (χ2v) is 13.5. The van der Waals surface area contributed by atoms with Crippen LogP contribution < -0.4 is 9.62 Å². The molecule has 2 atom stereocenters. The molecule has 2 unspecified atom stereocenters. The number of carbonyl (C=O) groups is 2. The third-order valence-electron chi connectivity index (χ3n) is 7.97. The van der Waals surface area contributed by atoms with Gasteiger partial charge in [0.1, 0.15) is 12.6 Å². The number of hydrogen-bond acceptors (Lipinski definition) is 4. The van der Waals surface area contributed by atoms with E-state index in [0.717, 1.165) is 26.6 Å². The largest absolute Gasteiger partial charge is 0.352 e. The molecule has 0 fully saturated rings. The van der Waals surface area contributed by atoms with E-state index >= 15 is 0 Å². The molecule has 45 heavy (non-hydrogen) atoms. The Balaban J connectivity index is 1.83. The second-order valence-electron chi connectivity index (χ2n) is 11.2. The van der Waals surface area contributed by atoms with Crippen LogP contribution in [0.4, 0.5) is 5.69 Å². The predicted octanol–water partition coefficient (Wildman–Crippen LogP) is 6.71. The summed E-state index contributed by atoms with van der Waals surface area (Å²) < 4.78 is 29.5. The fourth-order valence-corrected chi connectivity index (χ4v) is 6.77. The van der Waals surface area contributed by atoms with Gasteiger partial charge in [-0.2, -0.15) is 0 Å². The van der Waals surface area contributed by atoms with Gasteiger partial charge in [0.05, 0.1) is 10.6 Å². The van der Waals surface area contributed by atoms with Crippen molar-refractivity contribution in [3.05, 3.63) is 130 Å². The van der Waals surface area contributed by atoms with Crippen LogP contribution in [0.3, 0.4) is 0 Å². The molecular formula is C36H40ClN3O4S. The molecule has 236 valence electrons. The van der Waals surface area contributed by atoms with Crippen LogP contribution in [0, 0.1) is 13.8 Å². The molecule has 4 rings (SSSR count). The lowest BCUT2D eigenvalue weighted by atomic mass is 10.0. The monoisotopic (exact) mass is 645 g/mol. The summed E-state index contributed by atoms with van der Waals surface area (Å²) in [5.41, 5.74) is 3.61. The van der Waals surface area contributed by atoms with Gasteiger partial charge >= 0.3 is 0 Å². The molecule has 2 amide bonds. The maximum absolute atomic E-state index is 14.6. The molecule has 0 aromatic heterocycles. The van der Waals surface area contributed by atoms with Crippen molar-refractivity contribution in [1.82, 2.24) is 10.2 Å². The van der Waals surface area contributed by atoms with Crippen molar-refractivity contribution in [3.63, 3.8) is 0 Å². The number of halogens is 1. The SMILES string of the molecule is CCC(C)NC(=O)C(Cc1ccccc1)N(Cc1cccc(Cl)c1)C(=O)CN(c1cccc(C)c1C)S(=O)(=O)c1ccccc1. The van der Waals surface area contributed by atoms with Crippen LogP contribution in [0.15, 0.2) is 108 Å². The molecule has 0 saturated carbocycles. The zero-order valence-electron chi connectivity index (χ0n) is 26.1.